The number of non-ortho nitro benzene ring substituents is 1. The van der Waals surface area contributed by atoms with Crippen LogP contribution in [0.15, 0.2) is 18.2 Å². The van der Waals surface area contributed by atoms with E-state index in [0.717, 1.165) is 24.3 Å². The Morgan fingerprint density at radius 2 is 2.12 bits per heavy atom. The van der Waals surface area contributed by atoms with Gasteiger partial charge in [0.2, 0.25) is 0 Å². The number of hydrogen-bond donors (Lipinski definition) is 1. The third-order valence-electron chi connectivity index (χ3n) is 2.65. The Balaban J connectivity index is 3.02. The summed E-state index contributed by atoms with van der Waals surface area (Å²) in [6, 6.07) is 4.96. The number of rotatable bonds is 6. The van der Waals surface area contributed by atoms with Gasteiger partial charge in [-0.05, 0) is 32.1 Å². The summed E-state index contributed by atoms with van der Waals surface area (Å²) in [7, 11) is 1.99. The first-order valence-corrected chi connectivity index (χ1v) is 5.78. The van der Waals surface area contributed by atoms with Crippen LogP contribution in [-0.2, 0) is 6.54 Å². The zero-order valence-corrected chi connectivity index (χ0v) is 10.6. The third-order valence-corrected chi connectivity index (χ3v) is 2.65. The molecule has 0 saturated carbocycles. The Morgan fingerprint density at radius 1 is 1.41 bits per heavy atom. The zero-order valence-electron chi connectivity index (χ0n) is 10.6. The summed E-state index contributed by atoms with van der Waals surface area (Å²) < 4.78 is 0. The summed E-state index contributed by atoms with van der Waals surface area (Å²) in [6.45, 7) is 6.49. The molecule has 0 fully saturated rings. The van der Waals surface area contributed by atoms with Gasteiger partial charge in [0, 0.05) is 30.9 Å². The van der Waals surface area contributed by atoms with Crippen molar-refractivity contribution in [1.29, 1.82) is 0 Å². The maximum absolute atomic E-state index is 10.7. The molecule has 0 aliphatic rings. The standard InChI is InChI=1S/C12H19N3O2/c1-4-13-12-7-6-11(15(16)17)8-10(12)9-14(3)5-2/h6-8,13H,4-5,9H2,1-3H3. The van der Waals surface area contributed by atoms with E-state index in [1.54, 1.807) is 12.1 Å². The molecule has 1 N–H and O–H groups in total. The van der Waals surface area contributed by atoms with E-state index in [-0.39, 0.29) is 10.6 Å². The SMILES string of the molecule is CCNc1ccc([N+](=O)[O-])cc1CN(C)CC. The van der Waals surface area contributed by atoms with E-state index in [2.05, 4.69) is 17.1 Å². The molecule has 0 unspecified atom stereocenters. The van der Waals surface area contributed by atoms with Crippen LogP contribution >= 0.6 is 0 Å². The van der Waals surface area contributed by atoms with E-state index in [4.69, 9.17) is 0 Å². The Labute approximate surface area is 102 Å². The van der Waals surface area contributed by atoms with Gasteiger partial charge in [-0.15, -0.1) is 0 Å². The summed E-state index contributed by atoms with van der Waals surface area (Å²) in [4.78, 5) is 12.5. The van der Waals surface area contributed by atoms with Gasteiger partial charge in [0.15, 0.2) is 0 Å². The van der Waals surface area contributed by atoms with Gasteiger partial charge < -0.3 is 10.2 Å². The zero-order chi connectivity index (χ0) is 12.8. The number of anilines is 1. The number of hydrogen-bond acceptors (Lipinski definition) is 4. The number of benzene rings is 1. The van der Waals surface area contributed by atoms with E-state index in [1.165, 1.54) is 6.07 Å². The van der Waals surface area contributed by atoms with Gasteiger partial charge in [-0.2, -0.15) is 0 Å². The Kier molecular flexibility index (Phi) is 4.90. The van der Waals surface area contributed by atoms with Crippen LogP contribution in [-0.4, -0.2) is 30.0 Å². The number of nitrogens with zero attached hydrogens (tertiary/aromatic N) is 2. The summed E-state index contributed by atoms with van der Waals surface area (Å²) in [5.41, 5.74) is 2.08. The second-order valence-electron chi connectivity index (χ2n) is 3.96. The summed E-state index contributed by atoms with van der Waals surface area (Å²) in [5, 5.41) is 14.0. The van der Waals surface area contributed by atoms with Gasteiger partial charge in [0.05, 0.1) is 4.92 Å². The molecule has 1 rings (SSSR count). The van der Waals surface area contributed by atoms with Crippen LogP contribution in [0.5, 0.6) is 0 Å². The highest BCUT2D eigenvalue weighted by Crippen LogP contribution is 2.23. The maximum atomic E-state index is 10.7. The second-order valence-corrected chi connectivity index (χ2v) is 3.96. The van der Waals surface area contributed by atoms with Crippen LogP contribution in [0.3, 0.4) is 0 Å². The Bertz CT molecular complexity index is 393. The average molecular weight is 237 g/mol. The maximum Gasteiger partial charge on any atom is 0.269 e. The second kappa shape index (κ2) is 6.20. The lowest BCUT2D eigenvalue weighted by molar-refractivity contribution is -0.384. The van der Waals surface area contributed by atoms with Gasteiger partial charge in [0.25, 0.3) is 5.69 Å². The van der Waals surface area contributed by atoms with Gasteiger partial charge in [-0.3, -0.25) is 10.1 Å². The van der Waals surface area contributed by atoms with Crippen LogP contribution in [0, 0.1) is 10.1 Å². The number of nitrogens with one attached hydrogen (secondary N) is 1. The van der Waals surface area contributed by atoms with Crippen molar-refractivity contribution in [3.05, 3.63) is 33.9 Å². The van der Waals surface area contributed by atoms with Gasteiger partial charge >= 0.3 is 0 Å². The summed E-state index contributed by atoms with van der Waals surface area (Å²) in [5.74, 6) is 0. The molecule has 1 aromatic rings. The molecule has 17 heavy (non-hydrogen) atoms. The van der Waals surface area contributed by atoms with E-state index < -0.39 is 0 Å². The first-order chi connectivity index (χ1) is 8.08. The molecule has 0 aliphatic carbocycles. The third kappa shape index (κ3) is 3.71. The first kappa shape index (κ1) is 13.4. The molecular weight excluding hydrogens is 218 g/mol. The van der Waals surface area contributed by atoms with Crippen molar-refractivity contribution in [3.8, 4) is 0 Å². The van der Waals surface area contributed by atoms with Crippen molar-refractivity contribution in [2.24, 2.45) is 0 Å². The molecule has 94 valence electrons. The molecule has 0 spiro atoms. The summed E-state index contributed by atoms with van der Waals surface area (Å²) >= 11 is 0. The predicted molar refractivity (Wildman–Crippen MR) is 69.3 cm³/mol. The monoisotopic (exact) mass is 237 g/mol. The quantitative estimate of drug-likeness (QED) is 0.610. The number of nitro groups is 1. The highest BCUT2D eigenvalue weighted by molar-refractivity contribution is 5.56. The number of nitro benzene ring substituents is 1. The lowest BCUT2D eigenvalue weighted by atomic mass is 10.1. The normalized spacial score (nSPS) is 10.6. The Hall–Kier alpha value is -1.62. The van der Waals surface area contributed by atoms with Crippen molar-refractivity contribution in [2.45, 2.75) is 20.4 Å². The highest BCUT2D eigenvalue weighted by Gasteiger charge is 2.11. The van der Waals surface area contributed by atoms with Crippen molar-refractivity contribution >= 4 is 11.4 Å². The van der Waals surface area contributed by atoms with Crippen molar-refractivity contribution in [1.82, 2.24) is 4.90 Å². The fourth-order valence-corrected chi connectivity index (χ4v) is 1.59. The first-order valence-electron chi connectivity index (χ1n) is 5.78. The lowest BCUT2D eigenvalue weighted by Gasteiger charge is -2.17. The van der Waals surface area contributed by atoms with Crippen LogP contribution in [0.2, 0.25) is 0 Å². The molecule has 1 aromatic carbocycles. The van der Waals surface area contributed by atoms with E-state index >= 15 is 0 Å². The average Bonchev–Trinajstić information content (AvgIpc) is 2.31. The van der Waals surface area contributed by atoms with Gasteiger partial charge in [-0.25, -0.2) is 0 Å². The van der Waals surface area contributed by atoms with Crippen LogP contribution in [0.25, 0.3) is 0 Å². The topological polar surface area (TPSA) is 58.4 Å². The fraction of sp³-hybridized carbons (Fsp3) is 0.500. The molecule has 5 nitrogen and oxygen atoms in total. The molecule has 5 heteroatoms. The smallest absolute Gasteiger partial charge is 0.269 e. The molecule has 0 atom stereocenters. The van der Waals surface area contributed by atoms with Gasteiger partial charge in [0.1, 0.15) is 0 Å². The predicted octanol–water partition coefficient (Wildman–Crippen LogP) is 2.48. The molecule has 0 radical (unpaired) electrons. The summed E-state index contributed by atoms with van der Waals surface area (Å²) in [6.07, 6.45) is 0. The Morgan fingerprint density at radius 3 is 2.65 bits per heavy atom. The molecule has 0 saturated heterocycles. The molecule has 0 aliphatic heterocycles. The highest BCUT2D eigenvalue weighted by atomic mass is 16.6. The molecule has 0 heterocycles. The minimum Gasteiger partial charge on any atom is -0.385 e. The van der Waals surface area contributed by atoms with Crippen molar-refractivity contribution < 1.29 is 4.92 Å². The minimum atomic E-state index is -0.356. The van der Waals surface area contributed by atoms with Crippen molar-refractivity contribution in [2.75, 3.05) is 25.5 Å². The largest absolute Gasteiger partial charge is 0.385 e. The molecule has 0 amide bonds. The van der Waals surface area contributed by atoms with Crippen LogP contribution < -0.4 is 5.32 Å². The fourth-order valence-electron chi connectivity index (χ4n) is 1.59. The molecule has 0 aromatic heterocycles. The van der Waals surface area contributed by atoms with E-state index in [1.807, 2.05) is 14.0 Å². The molecular formula is C12H19N3O2. The van der Waals surface area contributed by atoms with E-state index in [9.17, 15) is 10.1 Å². The van der Waals surface area contributed by atoms with Crippen LogP contribution in [0.4, 0.5) is 11.4 Å². The van der Waals surface area contributed by atoms with Gasteiger partial charge in [-0.1, -0.05) is 6.92 Å². The minimum absolute atomic E-state index is 0.145. The van der Waals surface area contributed by atoms with E-state index in [0.29, 0.717) is 6.54 Å². The molecule has 0 bridgehead atoms. The lowest BCUT2D eigenvalue weighted by Crippen LogP contribution is -2.18. The van der Waals surface area contributed by atoms with Crippen LogP contribution in [0.1, 0.15) is 19.4 Å². The van der Waals surface area contributed by atoms with Crippen molar-refractivity contribution in [3.63, 3.8) is 0 Å².